The van der Waals surface area contributed by atoms with Gasteiger partial charge in [-0.3, -0.25) is 0 Å². The third-order valence-corrected chi connectivity index (χ3v) is 9.59. The molecule has 4 aromatic rings. The summed E-state index contributed by atoms with van der Waals surface area (Å²) in [6, 6.07) is 16.2. The van der Waals surface area contributed by atoms with E-state index in [0.29, 0.717) is 18.8 Å². The lowest BCUT2D eigenvalue weighted by molar-refractivity contribution is -0.0510. The standard InChI is InChI=1S/C35H32F3N5O4/c36-25-6-4-24(29(17-25)47-32(37)38)18-46-30-3-1-2-26(40-30)22-8-10-35(11-9-22)19-42(20-35)33-41-27-7-5-23(31(44)45)16-28(27)43(33)21-34(12-13-34)14-15-39/h1-8,16-17,32H,9-14,18-21H2,(H,44,45). The van der Waals surface area contributed by atoms with E-state index in [-0.39, 0.29) is 34.3 Å². The van der Waals surface area contributed by atoms with Crippen molar-refractivity contribution in [2.75, 3.05) is 18.0 Å². The smallest absolute Gasteiger partial charge is 0.387 e. The molecule has 1 aliphatic heterocycles. The van der Waals surface area contributed by atoms with Crippen molar-refractivity contribution in [3.8, 4) is 17.7 Å². The second-order valence-corrected chi connectivity index (χ2v) is 12.9. The number of rotatable bonds is 11. The average molecular weight is 644 g/mol. The zero-order valence-corrected chi connectivity index (χ0v) is 25.5. The summed E-state index contributed by atoms with van der Waals surface area (Å²) in [6.45, 7) is -0.937. The fraction of sp³-hybridized carbons (Fsp3) is 0.371. The minimum Gasteiger partial charge on any atom is -0.478 e. The molecule has 2 fully saturated rings. The number of imidazole rings is 1. The zero-order chi connectivity index (χ0) is 32.8. The van der Waals surface area contributed by atoms with E-state index in [1.807, 2.05) is 12.1 Å². The van der Waals surface area contributed by atoms with Crippen LogP contribution in [0.2, 0.25) is 0 Å². The number of aromatic carboxylic acids is 1. The molecule has 0 amide bonds. The number of benzene rings is 2. The molecule has 0 atom stereocenters. The first-order valence-corrected chi connectivity index (χ1v) is 15.5. The monoisotopic (exact) mass is 643 g/mol. The van der Waals surface area contributed by atoms with Crippen LogP contribution < -0.4 is 14.4 Å². The predicted octanol–water partition coefficient (Wildman–Crippen LogP) is 7.22. The van der Waals surface area contributed by atoms with Gasteiger partial charge in [-0.1, -0.05) is 12.1 Å². The van der Waals surface area contributed by atoms with Crippen LogP contribution in [0.3, 0.4) is 0 Å². The molecule has 2 aliphatic carbocycles. The normalized spacial score (nSPS) is 17.7. The Morgan fingerprint density at radius 2 is 1.91 bits per heavy atom. The Kier molecular flexibility index (Phi) is 7.78. The molecule has 12 heteroatoms. The number of halogens is 3. The number of ether oxygens (including phenoxy) is 2. The Labute approximate surface area is 268 Å². The van der Waals surface area contributed by atoms with Crippen molar-refractivity contribution in [3.63, 3.8) is 0 Å². The molecule has 0 unspecified atom stereocenters. The largest absolute Gasteiger partial charge is 0.478 e. The van der Waals surface area contributed by atoms with Crippen LogP contribution in [-0.2, 0) is 13.2 Å². The number of aromatic nitrogens is 3. The number of carbonyl (C=O) groups is 1. The molecule has 47 heavy (non-hydrogen) atoms. The number of pyridine rings is 1. The van der Waals surface area contributed by atoms with E-state index >= 15 is 0 Å². The molecule has 0 radical (unpaired) electrons. The van der Waals surface area contributed by atoms with E-state index in [4.69, 9.17) is 9.72 Å². The van der Waals surface area contributed by atoms with Crippen molar-refractivity contribution in [3.05, 3.63) is 83.3 Å². The lowest BCUT2D eigenvalue weighted by Gasteiger charge is -2.52. The molecule has 2 aromatic carbocycles. The number of hydrogen-bond acceptors (Lipinski definition) is 7. The van der Waals surface area contributed by atoms with Crippen LogP contribution in [0, 0.1) is 28.0 Å². The predicted molar refractivity (Wildman–Crippen MR) is 167 cm³/mol. The van der Waals surface area contributed by atoms with Gasteiger partial charge in [0.05, 0.1) is 28.4 Å². The van der Waals surface area contributed by atoms with E-state index in [1.165, 1.54) is 6.07 Å². The Hall–Kier alpha value is -5.05. The fourth-order valence-electron chi connectivity index (χ4n) is 6.76. The number of fused-ring (bicyclic) bond motifs is 1. The molecular formula is C35H32F3N5O4. The fourth-order valence-corrected chi connectivity index (χ4v) is 6.76. The summed E-state index contributed by atoms with van der Waals surface area (Å²) in [5.74, 6) is -0.806. The quantitative estimate of drug-likeness (QED) is 0.182. The average Bonchev–Trinajstić information content (AvgIpc) is 3.71. The highest BCUT2D eigenvalue weighted by molar-refractivity contribution is 5.93. The Morgan fingerprint density at radius 3 is 2.62 bits per heavy atom. The number of carboxylic acid groups (broad SMARTS) is 1. The van der Waals surface area contributed by atoms with E-state index in [9.17, 15) is 28.3 Å². The van der Waals surface area contributed by atoms with Crippen LogP contribution in [-0.4, -0.2) is 45.3 Å². The third-order valence-electron chi connectivity index (χ3n) is 9.59. The van der Waals surface area contributed by atoms with Gasteiger partial charge in [-0.05, 0) is 74.1 Å². The Bertz CT molecular complexity index is 1920. The van der Waals surface area contributed by atoms with Gasteiger partial charge in [0, 0.05) is 54.6 Å². The van der Waals surface area contributed by atoms with Crippen molar-refractivity contribution in [2.45, 2.75) is 58.3 Å². The number of anilines is 1. The van der Waals surface area contributed by atoms with Crippen LogP contribution in [0.5, 0.6) is 11.6 Å². The maximum absolute atomic E-state index is 13.6. The molecule has 1 spiro atoms. The first-order valence-electron chi connectivity index (χ1n) is 15.5. The lowest BCUT2D eigenvalue weighted by atomic mass is 9.69. The molecule has 3 aliphatic rings. The number of allylic oxidation sites excluding steroid dienone is 2. The zero-order valence-electron chi connectivity index (χ0n) is 25.5. The van der Waals surface area contributed by atoms with Gasteiger partial charge >= 0.3 is 12.6 Å². The van der Waals surface area contributed by atoms with Gasteiger partial charge in [-0.15, -0.1) is 0 Å². The summed E-state index contributed by atoms with van der Waals surface area (Å²) in [5.41, 5.74) is 3.89. The van der Waals surface area contributed by atoms with Gasteiger partial charge in [0.25, 0.3) is 0 Å². The molecule has 1 saturated heterocycles. The van der Waals surface area contributed by atoms with Gasteiger partial charge < -0.3 is 24.0 Å². The van der Waals surface area contributed by atoms with E-state index in [1.54, 1.807) is 24.3 Å². The molecular weight excluding hydrogens is 611 g/mol. The van der Waals surface area contributed by atoms with Crippen LogP contribution in [0.4, 0.5) is 19.1 Å². The molecule has 242 valence electrons. The van der Waals surface area contributed by atoms with Gasteiger partial charge in [0.15, 0.2) is 0 Å². The molecule has 1 saturated carbocycles. The molecule has 1 N–H and O–H groups in total. The second-order valence-electron chi connectivity index (χ2n) is 12.9. The highest BCUT2D eigenvalue weighted by Crippen LogP contribution is 2.52. The topological polar surface area (TPSA) is 114 Å². The minimum absolute atomic E-state index is 0.0837. The van der Waals surface area contributed by atoms with Crippen LogP contribution in [0.25, 0.3) is 16.6 Å². The Balaban J connectivity index is 1.04. The minimum atomic E-state index is -3.08. The van der Waals surface area contributed by atoms with E-state index in [2.05, 4.69) is 31.3 Å². The van der Waals surface area contributed by atoms with Crippen molar-refractivity contribution >= 4 is 28.5 Å². The second kappa shape index (κ2) is 12.0. The highest BCUT2D eigenvalue weighted by Gasteiger charge is 2.47. The van der Waals surface area contributed by atoms with Gasteiger partial charge in [-0.25, -0.2) is 19.2 Å². The molecule has 2 aromatic heterocycles. The SMILES string of the molecule is N#CCC1(Cn2c(N3CC4(CC=C(c5cccc(OCc6ccc(F)cc6OC(F)F)n5)CC4)C3)nc3ccc(C(=O)O)cc32)CC1. The van der Waals surface area contributed by atoms with Gasteiger partial charge in [-0.2, -0.15) is 14.0 Å². The summed E-state index contributed by atoms with van der Waals surface area (Å²) in [6.07, 6.45) is 7.24. The summed E-state index contributed by atoms with van der Waals surface area (Å²) in [4.78, 5) is 23.6. The van der Waals surface area contributed by atoms with Gasteiger partial charge in [0.1, 0.15) is 18.2 Å². The van der Waals surface area contributed by atoms with Crippen LogP contribution in [0.15, 0.2) is 60.7 Å². The lowest BCUT2D eigenvalue weighted by Crippen LogP contribution is -2.57. The summed E-state index contributed by atoms with van der Waals surface area (Å²) in [5, 5.41) is 19.0. The van der Waals surface area contributed by atoms with Crippen LogP contribution >= 0.6 is 0 Å². The highest BCUT2D eigenvalue weighted by atomic mass is 19.3. The van der Waals surface area contributed by atoms with Crippen molar-refractivity contribution < 1.29 is 32.5 Å². The number of carboxylic acids is 1. The first kappa shape index (κ1) is 30.6. The van der Waals surface area contributed by atoms with Crippen molar-refractivity contribution in [1.29, 1.82) is 5.26 Å². The van der Waals surface area contributed by atoms with Gasteiger partial charge in [0.2, 0.25) is 11.8 Å². The van der Waals surface area contributed by atoms with Crippen molar-refractivity contribution in [1.82, 2.24) is 14.5 Å². The third kappa shape index (κ3) is 6.22. The molecule has 7 rings (SSSR count). The maximum atomic E-state index is 13.6. The van der Waals surface area contributed by atoms with Crippen LogP contribution in [0.1, 0.15) is 60.1 Å². The molecule has 0 bridgehead atoms. The maximum Gasteiger partial charge on any atom is 0.387 e. The number of alkyl halides is 2. The number of hydrogen-bond donors (Lipinski definition) is 1. The summed E-state index contributed by atoms with van der Waals surface area (Å²) >= 11 is 0. The Morgan fingerprint density at radius 1 is 1.09 bits per heavy atom. The summed E-state index contributed by atoms with van der Waals surface area (Å²) in [7, 11) is 0. The molecule has 9 nitrogen and oxygen atoms in total. The van der Waals surface area contributed by atoms with E-state index in [0.717, 1.165) is 85.6 Å². The number of nitriles is 1. The number of nitrogens with zero attached hydrogens (tertiary/aromatic N) is 5. The van der Waals surface area contributed by atoms with Crippen molar-refractivity contribution in [2.24, 2.45) is 10.8 Å². The molecule has 3 heterocycles. The van der Waals surface area contributed by atoms with E-state index < -0.39 is 18.4 Å². The first-order chi connectivity index (χ1) is 22.6. The summed E-state index contributed by atoms with van der Waals surface area (Å²) < 4.78 is 51.5.